The van der Waals surface area contributed by atoms with E-state index in [0.29, 0.717) is 34.7 Å². The molecule has 182 valence electrons. The molecule has 1 fully saturated rings. The highest BCUT2D eigenvalue weighted by Gasteiger charge is 2.26. The summed E-state index contributed by atoms with van der Waals surface area (Å²) >= 11 is 6.00. The van der Waals surface area contributed by atoms with E-state index in [-0.39, 0.29) is 29.8 Å². The normalized spacial score (nSPS) is 16.7. The molecule has 1 saturated heterocycles. The van der Waals surface area contributed by atoms with E-state index in [4.69, 9.17) is 17.3 Å². The highest BCUT2D eigenvalue weighted by atomic mass is 35.5. The van der Waals surface area contributed by atoms with Crippen molar-refractivity contribution in [1.29, 1.82) is 0 Å². The van der Waals surface area contributed by atoms with Gasteiger partial charge in [0, 0.05) is 36.8 Å². The number of anilines is 1. The van der Waals surface area contributed by atoms with Gasteiger partial charge in [-0.05, 0) is 59.4 Å². The predicted octanol–water partition coefficient (Wildman–Crippen LogP) is 3.92. The molecular formula is C26H26ClFN4O3. The second-order valence-corrected chi connectivity index (χ2v) is 9.10. The summed E-state index contributed by atoms with van der Waals surface area (Å²) in [6.45, 7) is 0.284. The standard InChI is InChI=1S/C26H26ClFN4O3/c1-32-8-7-15(12-24(32)34)18-10-21(25(29)30-13-18)16-5-6-20(22(28)11-16)26(35)31-23(14-33)17-3-2-4-19(27)9-17/h2-6,9-11,13,15,23,33H,7-8,12,14H2,1H3,(H2,29,30)(H,31,35)/t15-,23+/m0/s1. The van der Waals surface area contributed by atoms with Gasteiger partial charge in [-0.3, -0.25) is 9.59 Å². The molecular weight excluding hydrogens is 471 g/mol. The molecule has 0 aliphatic carbocycles. The van der Waals surface area contributed by atoms with Crippen molar-refractivity contribution >= 4 is 29.2 Å². The summed E-state index contributed by atoms with van der Waals surface area (Å²) in [4.78, 5) is 30.8. The molecule has 0 radical (unpaired) electrons. The average Bonchev–Trinajstić information content (AvgIpc) is 2.84. The molecule has 7 nitrogen and oxygen atoms in total. The number of hydrogen-bond donors (Lipinski definition) is 3. The van der Waals surface area contributed by atoms with Crippen LogP contribution in [0.3, 0.4) is 0 Å². The van der Waals surface area contributed by atoms with Crippen molar-refractivity contribution in [2.24, 2.45) is 0 Å². The van der Waals surface area contributed by atoms with E-state index in [1.165, 1.54) is 12.1 Å². The quantitative estimate of drug-likeness (QED) is 0.479. The molecule has 0 spiro atoms. The van der Waals surface area contributed by atoms with Gasteiger partial charge in [0.2, 0.25) is 5.91 Å². The van der Waals surface area contributed by atoms with Crippen molar-refractivity contribution in [2.45, 2.75) is 24.8 Å². The number of aromatic nitrogens is 1. The number of rotatable bonds is 6. The third kappa shape index (κ3) is 5.44. The first-order chi connectivity index (χ1) is 16.8. The summed E-state index contributed by atoms with van der Waals surface area (Å²) in [5.41, 5.74) is 8.39. The van der Waals surface area contributed by atoms with Crippen LogP contribution in [0.4, 0.5) is 10.2 Å². The molecule has 1 aliphatic heterocycles. The summed E-state index contributed by atoms with van der Waals surface area (Å²) in [7, 11) is 1.78. The highest BCUT2D eigenvalue weighted by Crippen LogP contribution is 2.33. The Kier molecular flexibility index (Phi) is 7.33. The van der Waals surface area contributed by atoms with Crippen molar-refractivity contribution in [1.82, 2.24) is 15.2 Å². The van der Waals surface area contributed by atoms with Gasteiger partial charge < -0.3 is 21.1 Å². The molecule has 2 heterocycles. The number of nitrogen functional groups attached to an aromatic ring is 1. The number of aliphatic hydroxyl groups is 1. The molecule has 1 aromatic heterocycles. The van der Waals surface area contributed by atoms with Crippen molar-refractivity contribution in [2.75, 3.05) is 25.9 Å². The minimum Gasteiger partial charge on any atom is -0.394 e. The molecule has 1 aliphatic rings. The smallest absolute Gasteiger partial charge is 0.254 e. The Bertz CT molecular complexity index is 1270. The first-order valence-corrected chi connectivity index (χ1v) is 11.6. The van der Waals surface area contributed by atoms with Crippen LogP contribution in [0.1, 0.15) is 46.3 Å². The van der Waals surface area contributed by atoms with E-state index in [0.717, 1.165) is 12.0 Å². The lowest BCUT2D eigenvalue weighted by Crippen LogP contribution is -2.34. The summed E-state index contributed by atoms with van der Waals surface area (Å²) in [6, 6.07) is 12.0. The minimum absolute atomic E-state index is 0.0161. The molecule has 0 bridgehead atoms. The molecule has 2 aromatic carbocycles. The van der Waals surface area contributed by atoms with Crippen molar-refractivity contribution in [3.8, 4) is 11.1 Å². The Balaban J connectivity index is 1.56. The van der Waals surface area contributed by atoms with E-state index >= 15 is 4.39 Å². The fourth-order valence-electron chi connectivity index (χ4n) is 4.23. The van der Waals surface area contributed by atoms with Gasteiger partial charge in [0.05, 0.1) is 18.2 Å². The number of carbonyl (C=O) groups is 2. The Labute approximate surface area is 207 Å². The molecule has 9 heteroatoms. The molecule has 4 N–H and O–H groups in total. The summed E-state index contributed by atoms with van der Waals surface area (Å²) in [5, 5.41) is 12.8. The fraction of sp³-hybridized carbons (Fsp3) is 0.269. The monoisotopic (exact) mass is 496 g/mol. The molecule has 0 saturated carbocycles. The highest BCUT2D eigenvalue weighted by molar-refractivity contribution is 6.30. The zero-order valence-corrected chi connectivity index (χ0v) is 19.9. The summed E-state index contributed by atoms with van der Waals surface area (Å²) in [5.74, 6) is -1.09. The van der Waals surface area contributed by atoms with Gasteiger partial charge in [0.1, 0.15) is 11.6 Å². The summed E-state index contributed by atoms with van der Waals surface area (Å²) < 4.78 is 15.0. The number of piperidine rings is 1. The maximum Gasteiger partial charge on any atom is 0.254 e. The molecule has 0 unspecified atom stereocenters. The number of pyridine rings is 1. The van der Waals surface area contributed by atoms with Crippen LogP contribution in [0.25, 0.3) is 11.1 Å². The van der Waals surface area contributed by atoms with Gasteiger partial charge in [-0.15, -0.1) is 0 Å². The van der Waals surface area contributed by atoms with Crippen LogP contribution in [-0.4, -0.2) is 47.0 Å². The zero-order chi connectivity index (χ0) is 25.1. The predicted molar refractivity (Wildman–Crippen MR) is 132 cm³/mol. The third-order valence-electron chi connectivity index (χ3n) is 6.33. The number of nitrogens with one attached hydrogen (secondary N) is 1. The Morgan fingerprint density at radius 2 is 2.11 bits per heavy atom. The van der Waals surface area contributed by atoms with Gasteiger partial charge in [-0.1, -0.05) is 29.8 Å². The van der Waals surface area contributed by atoms with E-state index < -0.39 is 17.8 Å². The van der Waals surface area contributed by atoms with Gasteiger partial charge in [-0.2, -0.15) is 0 Å². The van der Waals surface area contributed by atoms with Gasteiger partial charge in [0.15, 0.2) is 0 Å². The van der Waals surface area contributed by atoms with Gasteiger partial charge in [0.25, 0.3) is 5.91 Å². The van der Waals surface area contributed by atoms with Crippen LogP contribution < -0.4 is 11.1 Å². The first-order valence-electron chi connectivity index (χ1n) is 11.2. The lowest BCUT2D eigenvalue weighted by Gasteiger charge is -2.29. The number of halogens is 2. The van der Waals surface area contributed by atoms with Crippen LogP contribution in [0.5, 0.6) is 0 Å². The lowest BCUT2D eigenvalue weighted by atomic mass is 9.88. The van der Waals surface area contributed by atoms with Crippen LogP contribution in [0.2, 0.25) is 5.02 Å². The second kappa shape index (κ2) is 10.4. The number of amides is 2. The number of likely N-dealkylation sites (tertiary alicyclic amines) is 1. The minimum atomic E-state index is -0.742. The number of nitrogens with zero attached hydrogens (tertiary/aromatic N) is 2. The number of aliphatic hydroxyl groups excluding tert-OH is 1. The van der Waals surface area contributed by atoms with Crippen molar-refractivity contribution in [3.63, 3.8) is 0 Å². The molecule has 2 amide bonds. The average molecular weight is 497 g/mol. The van der Waals surface area contributed by atoms with E-state index in [9.17, 15) is 14.7 Å². The number of hydrogen-bond acceptors (Lipinski definition) is 5. The number of carbonyl (C=O) groups excluding carboxylic acids is 2. The van der Waals surface area contributed by atoms with Crippen LogP contribution in [0.15, 0.2) is 54.7 Å². The maximum absolute atomic E-state index is 15.0. The Morgan fingerprint density at radius 1 is 1.31 bits per heavy atom. The third-order valence-corrected chi connectivity index (χ3v) is 6.57. The molecule has 2 atom stereocenters. The van der Waals surface area contributed by atoms with E-state index in [1.807, 2.05) is 6.07 Å². The van der Waals surface area contributed by atoms with Crippen LogP contribution in [0, 0.1) is 5.82 Å². The zero-order valence-electron chi connectivity index (χ0n) is 19.2. The summed E-state index contributed by atoms with van der Waals surface area (Å²) in [6.07, 6.45) is 2.85. The first kappa shape index (κ1) is 24.6. The molecule has 35 heavy (non-hydrogen) atoms. The molecule has 3 aromatic rings. The van der Waals surface area contributed by atoms with E-state index in [2.05, 4.69) is 10.3 Å². The van der Waals surface area contributed by atoms with Crippen molar-refractivity contribution in [3.05, 3.63) is 82.3 Å². The topological polar surface area (TPSA) is 109 Å². The largest absolute Gasteiger partial charge is 0.394 e. The molecule has 4 rings (SSSR count). The SMILES string of the molecule is CN1CC[C@H](c2cnc(N)c(-c3ccc(C(=O)N[C@H](CO)c4cccc(Cl)c4)c(F)c3)c2)CC1=O. The number of nitrogens with two attached hydrogens (primary N) is 1. The Hall–Kier alpha value is -3.49. The van der Waals surface area contributed by atoms with E-state index in [1.54, 1.807) is 48.5 Å². The van der Waals surface area contributed by atoms with Crippen LogP contribution >= 0.6 is 11.6 Å². The second-order valence-electron chi connectivity index (χ2n) is 8.66. The lowest BCUT2D eigenvalue weighted by molar-refractivity contribution is -0.132. The van der Waals surface area contributed by atoms with Gasteiger partial charge in [-0.25, -0.2) is 9.37 Å². The Morgan fingerprint density at radius 3 is 2.80 bits per heavy atom. The van der Waals surface area contributed by atoms with Gasteiger partial charge >= 0.3 is 0 Å². The van der Waals surface area contributed by atoms with Crippen LogP contribution in [-0.2, 0) is 4.79 Å². The fourth-order valence-corrected chi connectivity index (χ4v) is 4.43. The van der Waals surface area contributed by atoms with Crippen molar-refractivity contribution < 1.29 is 19.1 Å². The number of benzene rings is 2. The maximum atomic E-state index is 15.0.